The van der Waals surface area contributed by atoms with Crippen molar-refractivity contribution < 1.29 is 18.6 Å². The van der Waals surface area contributed by atoms with Crippen molar-refractivity contribution in [2.75, 3.05) is 58.5 Å². The number of fused-ring (bicyclic) bond motifs is 1. The first kappa shape index (κ1) is 23.9. The van der Waals surface area contributed by atoms with Crippen LogP contribution < -0.4 is 14.4 Å². The highest BCUT2D eigenvalue weighted by Crippen LogP contribution is 2.36. The summed E-state index contributed by atoms with van der Waals surface area (Å²) in [6, 6.07) is 6.85. The van der Waals surface area contributed by atoms with E-state index in [1.807, 2.05) is 30.3 Å². The highest BCUT2D eigenvalue weighted by molar-refractivity contribution is 5.77. The number of benzene rings is 1. The molecule has 0 N–H and O–H groups in total. The summed E-state index contributed by atoms with van der Waals surface area (Å²) < 4.78 is 33.5. The van der Waals surface area contributed by atoms with Crippen LogP contribution in [0.25, 0.3) is 22.4 Å². The first-order valence-corrected chi connectivity index (χ1v) is 11.7. The van der Waals surface area contributed by atoms with Gasteiger partial charge in [0.2, 0.25) is 0 Å². The maximum absolute atomic E-state index is 15.6. The van der Waals surface area contributed by atoms with Gasteiger partial charge in [-0.15, -0.1) is 0 Å². The molecule has 1 saturated heterocycles. The summed E-state index contributed by atoms with van der Waals surface area (Å²) in [6.45, 7) is 4.20. The zero-order valence-electron chi connectivity index (χ0n) is 20.5. The number of methoxy groups -OCH3 is 2. The molecule has 4 heterocycles. The van der Waals surface area contributed by atoms with Crippen LogP contribution in [0.15, 0.2) is 42.9 Å². The Bertz CT molecular complexity index is 1360. The van der Waals surface area contributed by atoms with Gasteiger partial charge in [0.25, 0.3) is 0 Å². The number of hydrogen-bond donors (Lipinski definition) is 0. The Morgan fingerprint density at radius 1 is 1.08 bits per heavy atom. The van der Waals surface area contributed by atoms with Gasteiger partial charge in [0.05, 0.1) is 51.2 Å². The molecule has 1 aromatic carbocycles. The number of nitrogens with zero attached hydrogens (tertiary/aromatic N) is 7. The van der Waals surface area contributed by atoms with Crippen LogP contribution in [-0.2, 0) is 11.8 Å². The summed E-state index contributed by atoms with van der Waals surface area (Å²) in [5.41, 5.74) is 2.91. The third-order valence-corrected chi connectivity index (χ3v) is 6.15. The summed E-state index contributed by atoms with van der Waals surface area (Å²) in [7, 11) is 4.82. The van der Waals surface area contributed by atoms with E-state index in [4.69, 9.17) is 24.2 Å². The van der Waals surface area contributed by atoms with E-state index in [1.165, 1.54) is 13.2 Å². The van der Waals surface area contributed by atoms with Crippen molar-refractivity contribution in [1.82, 2.24) is 29.6 Å². The molecular weight excluding hydrogens is 465 g/mol. The molecule has 1 fully saturated rings. The molecule has 0 bridgehead atoms. The predicted octanol–water partition coefficient (Wildman–Crippen LogP) is 3.05. The smallest absolute Gasteiger partial charge is 0.188 e. The van der Waals surface area contributed by atoms with Crippen molar-refractivity contribution in [3.63, 3.8) is 0 Å². The second kappa shape index (κ2) is 10.4. The zero-order valence-corrected chi connectivity index (χ0v) is 20.5. The molecule has 0 spiro atoms. The van der Waals surface area contributed by atoms with E-state index >= 15 is 4.39 Å². The van der Waals surface area contributed by atoms with E-state index in [0.717, 1.165) is 18.7 Å². The van der Waals surface area contributed by atoms with Crippen molar-refractivity contribution in [3.8, 4) is 22.8 Å². The summed E-state index contributed by atoms with van der Waals surface area (Å²) in [5, 5.41) is 4.21. The van der Waals surface area contributed by atoms with Crippen LogP contribution in [0, 0.1) is 5.82 Å². The molecule has 0 aliphatic carbocycles. The molecule has 1 aliphatic heterocycles. The molecular formula is C25H28FN7O3. The van der Waals surface area contributed by atoms with Crippen LogP contribution in [0.5, 0.6) is 11.5 Å². The van der Waals surface area contributed by atoms with Gasteiger partial charge in [0, 0.05) is 57.1 Å². The third-order valence-electron chi connectivity index (χ3n) is 6.15. The summed E-state index contributed by atoms with van der Waals surface area (Å²) in [6.07, 6.45) is 5.29. The SMILES string of the molecule is COc1cc(OC)c(F)c(N(CCN2CCOCC2)c2ccc3ncc(-c4cnn(C)c4)nc3n2)c1. The van der Waals surface area contributed by atoms with Gasteiger partial charge in [0.15, 0.2) is 17.2 Å². The summed E-state index contributed by atoms with van der Waals surface area (Å²) in [4.78, 5) is 18.1. The van der Waals surface area contributed by atoms with Gasteiger partial charge >= 0.3 is 0 Å². The first-order chi connectivity index (χ1) is 17.6. The Labute approximate surface area is 208 Å². The average molecular weight is 494 g/mol. The van der Waals surface area contributed by atoms with Gasteiger partial charge in [-0.25, -0.2) is 14.4 Å². The molecule has 0 unspecified atom stereocenters. The van der Waals surface area contributed by atoms with E-state index in [-0.39, 0.29) is 5.75 Å². The molecule has 11 heteroatoms. The molecule has 3 aromatic heterocycles. The van der Waals surface area contributed by atoms with Crippen molar-refractivity contribution in [2.24, 2.45) is 7.05 Å². The fourth-order valence-corrected chi connectivity index (χ4v) is 4.18. The van der Waals surface area contributed by atoms with Crippen LogP contribution in [0.2, 0.25) is 0 Å². The molecule has 0 atom stereocenters. The molecule has 1 aliphatic rings. The lowest BCUT2D eigenvalue weighted by atomic mass is 10.2. The molecule has 0 radical (unpaired) electrons. The van der Waals surface area contributed by atoms with Gasteiger partial charge in [-0.1, -0.05) is 0 Å². The van der Waals surface area contributed by atoms with Crippen molar-refractivity contribution in [2.45, 2.75) is 0 Å². The molecule has 10 nitrogen and oxygen atoms in total. The highest BCUT2D eigenvalue weighted by atomic mass is 19.1. The molecule has 36 heavy (non-hydrogen) atoms. The van der Waals surface area contributed by atoms with Crippen LogP contribution >= 0.6 is 0 Å². The van der Waals surface area contributed by atoms with Crippen LogP contribution in [0.1, 0.15) is 0 Å². The number of hydrogen-bond acceptors (Lipinski definition) is 9. The van der Waals surface area contributed by atoms with E-state index in [1.54, 1.807) is 30.3 Å². The molecule has 188 valence electrons. The van der Waals surface area contributed by atoms with Gasteiger partial charge in [-0.05, 0) is 12.1 Å². The minimum Gasteiger partial charge on any atom is -0.497 e. The number of morpholine rings is 1. The molecule has 0 saturated carbocycles. The lowest BCUT2D eigenvalue weighted by Crippen LogP contribution is -2.40. The summed E-state index contributed by atoms with van der Waals surface area (Å²) in [5.74, 6) is 0.638. The van der Waals surface area contributed by atoms with Crippen molar-refractivity contribution in [3.05, 3.63) is 48.7 Å². The number of rotatable bonds is 8. The molecule has 0 amide bonds. The van der Waals surface area contributed by atoms with Crippen molar-refractivity contribution in [1.29, 1.82) is 0 Å². The third kappa shape index (κ3) is 4.93. The lowest BCUT2D eigenvalue weighted by Gasteiger charge is -2.31. The minimum absolute atomic E-state index is 0.0974. The quantitative estimate of drug-likeness (QED) is 0.367. The normalized spacial score (nSPS) is 14.2. The molecule has 5 rings (SSSR count). The Balaban J connectivity index is 1.56. The van der Waals surface area contributed by atoms with Crippen LogP contribution in [0.3, 0.4) is 0 Å². The second-order valence-electron chi connectivity index (χ2n) is 8.44. The first-order valence-electron chi connectivity index (χ1n) is 11.7. The fraction of sp³-hybridized carbons (Fsp3) is 0.360. The number of halogens is 1. The maximum atomic E-state index is 15.6. The molecule has 4 aromatic rings. The average Bonchev–Trinajstić information content (AvgIpc) is 3.36. The van der Waals surface area contributed by atoms with Crippen LogP contribution in [0.4, 0.5) is 15.9 Å². The second-order valence-corrected chi connectivity index (χ2v) is 8.44. The van der Waals surface area contributed by atoms with E-state index in [9.17, 15) is 0 Å². The Kier molecular flexibility index (Phi) is 6.92. The standard InChI is InChI=1S/C25H28FN7O3/c1-31-16-17(14-28-31)20-15-27-19-4-5-23(30-25(19)29-20)33(7-6-32-8-10-36-11-9-32)21-12-18(34-2)13-22(35-3)24(21)26/h4-5,12-16H,6-11H2,1-3H3. The Morgan fingerprint density at radius 3 is 2.64 bits per heavy atom. The van der Waals surface area contributed by atoms with Crippen molar-refractivity contribution >= 4 is 22.7 Å². The number of anilines is 2. The number of aryl methyl sites for hydroxylation is 1. The minimum atomic E-state index is -0.489. The van der Waals surface area contributed by atoms with E-state index in [0.29, 0.717) is 60.4 Å². The van der Waals surface area contributed by atoms with E-state index in [2.05, 4.69) is 15.0 Å². The highest BCUT2D eigenvalue weighted by Gasteiger charge is 2.22. The van der Waals surface area contributed by atoms with Gasteiger partial charge in [-0.2, -0.15) is 5.10 Å². The lowest BCUT2D eigenvalue weighted by molar-refractivity contribution is 0.0394. The largest absolute Gasteiger partial charge is 0.497 e. The van der Waals surface area contributed by atoms with Gasteiger partial charge in [-0.3, -0.25) is 14.6 Å². The number of aromatic nitrogens is 5. The van der Waals surface area contributed by atoms with Gasteiger partial charge in [0.1, 0.15) is 17.1 Å². The predicted molar refractivity (Wildman–Crippen MR) is 133 cm³/mol. The summed E-state index contributed by atoms with van der Waals surface area (Å²) >= 11 is 0. The van der Waals surface area contributed by atoms with Gasteiger partial charge < -0.3 is 19.1 Å². The topological polar surface area (TPSA) is 90.7 Å². The number of pyridine rings is 1. The fourth-order valence-electron chi connectivity index (χ4n) is 4.18. The monoisotopic (exact) mass is 493 g/mol. The van der Waals surface area contributed by atoms with E-state index < -0.39 is 5.82 Å². The maximum Gasteiger partial charge on any atom is 0.188 e. The Morgan fingerprint density at radius 2 is 1.92 bits per heavy atom. The zero-order chi connectivity index (χ0) is 25.1. The Hall–Kier alpha value is -3.83. The number of ether oxygens (including phenoxy) is 3. The van der Waals surface area contributed by atoms with Crippen LogP contribution in [-0.4, -0.2) is 83.2 Å².